The number of aromatic nitrogens is 1. The lowest BCUT2D eigenvalue weighted by Gasteiger charge is -2.21. The van der Waals surface area contributed by atoms with Crippen molar-refractivity contribution < 1.29 is 9.59 Å². The molecule has 122 valence electrons. The van der Waals surface area contributed by atoms with E-state index in [1.54, 1.807) is 12.1 Å². The topological polar surface area (TPSA) is 62.3 Å². The monoisotopic (exact) mass is 325 g/mol. The molecule has 1 N–H and O–H groups in total. The molecule has 1 aromatic heterocycles. The molecule has 0 bridgehead atoms. The van der Waals surface area contributed by atoms with Gasteiger partial charge in [-0.05, 0) is 31.4 Å². The zero-order valence-electron chi connectivity index (χ0n) is 13.3. The minimum absolute atomic E-state index is 0.116. The Morgan fingerprint density at radius 2 is 1.86 bits per heavy atom. The number of hydrogen-bond donors (Lipinski definition) is 1. The van der Waals surface area contributed by atoms with Crippen molar-refractivity contribution in [3.63, 3.8) is 0 Å². The zero-order chi connectivity index (χ0) is 16.4. The lowest BCUT2D eigenvalue weighted by molar-refractivity contribution is -0.131. The molecule has 0 aliphatic heterocycles. The Morgan fingerprint density at radius 3 is 2.41 bits per heavy atom. The highest BCUT2D eigenvalue weighted by Gasteiger charge is 2.12. The molecular formula is C16H24ClN3O2. The summed E-state index contributed by atoms with van der Waals surface area (Å²) in [6.45, 7) is 5.69. The fourth-order valence-electron chi connectivity index (χ4n) is 2.13. The lowest BCUT2D eigenvalue weighted by atomic mass is 10.2. The van der Waals surface area contributed by atoms with Gasteiger partial charge in [0.15, 0.2) is 0 Å². The van der Waals surface area contributed by atoms with Crippen molar-refractivity contribution in [1.82, 2.24) is 9.88 Å². The molecule has 0 aliphatic rings. The standard InChI is InChI=1S/C16H24ClN3O2/c1-3-10-20(11-4-2)16(22)7-5-6-15(21)19-13-8-9-14(17)18-12-13/h8-9,12H,3-7,10-11H2,1-2H3,(H,19,21). The number of rotatable bonds is 9. The lowest BCUT2D eigenvalue weighted by Crippen LogP contribution is -2.32. The van der Waals surface area contributed by atoms with Crippen LogP contribution in [0.25, 0.3) is 0 Å². The maximum absolute atomic E-state index is 12.1. The molecule has 0 saturated heterocycles. The van der Waals surface area contributed by atoms with E-state index >= 15 is 0 Å². The number of nitrogens with one attached hydrogen (secondary N) is 1. The van der Waals surface area contributed by atoms with Crippen molar-refractivity contribution in [3.8, 4) is 0 Å². The summed E-state index contributed by atoms with van der Waals surface area (Å²) < 4.78 is 0. The molecule has 1 heterocycles. The Balaban J connectivity index is 2.31. The molecule has 2 amide bonds. The highest BCUT2D eigenvalue weighted by atomic mass is 35.5. The molecule has 0 radical (unpaired) electrons. The van der Waals surface area contributed by atoms with E-state index in [1.807, 2.05) is 4.90 Å². The first-order valence-electron chi connectivity index (χ1n) is 7.76. The third-order valence-electron chi connectivity index (χ3n) is 3.15. The molecule has 0 saturated carbocycles. The summed E-state index contributed by atoms with van der Waals surface area (Å²) in [5.41, 5.74) is 0.610. The molecule has 0 unspecified atom stereocenters. The smallest absolute Gasteiger partial charge is 0.224 e. The van der Waals surface area contributed by atoms with E-state index in [0.29, 0.717) is 30.1 Å². The highest BCUT2D eigenvalue weighted by molar-refractivity contribution is 6.29. The normalized spacial score (nSPS) is 10.3. The van der Waals surface area contributed by atoms with Gasteiger partial charge in [-0.1, -0.05) is 25.4 Å². The van der Waals surface area contributed by atoms with Crippen LogP contribution in [0.5, 0.6) is 0 Å². The van der Waals surface area contributed by atoms with Crippen LogP contribution in [0.4, 0.5) is 5.69 Å². The van der Waals surface area contributed by atoms with Crippen LogP contribution in [0, 0.1) is 0 Å². The second kappa shape index (κ2) is 10.2. The Morgan fingerprint density at radius 1 is 1.18 bits per heavy atom. The number of anilines is 1. The van der Waals surface area contributed by atoms with Gasteiger partial charge in [0.2, 0.25) is 11.8 Å². The number of pyridine rings is 1. The van der Waals surface area contributed by atoms with E-state index in [2.05, 4.69) is 24.1 Å². The Labute approximate surface area is 137 Å². The van der Waals surface area contributed by atoms with Crippen LogP contribution in [0.3, 0.4) is 0 Å². The summed E-state index contributed by atoms with van der Waals surface area (Å²) in [5, 5.41) is 3.12. The molecule has 0 aliphatic carbocycles. The molecule has 22 heavy (non-hydrogen) atoms. The van der Waals surface area contributed by atoms with Crippen molar-refractivity contribution in [1.29, 1.82) is 0 Å². The van der Waals surface area contributed by atoms with Gasteiger partial charge in [-0.2, -0.15) is 0 Å². The second-order valence-corrected chi connectivity index (χ2v) is 5.54. The van der Waals surface area contributed by atoms with Crippen molar-refractivity contribution in [2.24, 2.45) is 0 Å². The van der Waals surface area contributed by atoms with Crippen molar-refractivity contribution in [3.05, 3.63) is 23.5 Å². The molecule has 1 rings (SSSR count). The first kappa shape index (κ1) is 18.4. The third kappa shape index (κ3) is 6.89. The first-order valence-corrected chi connectivity index (χ1v) is 8.13. The number of carbonyl (C=O) groups is 2. The van der Waals surface area contributed by atoms with Crippen LogP contribution in [0.2, 0.25) is 5.15 Å². The molecule has 1 aromatic rings. The Kier molecular flexibility index (Phi) is 8.51. The molecule has 0 aromatic carbocycles. The van der Waals surface area contributed by atoms with Crippen molar-refractivity contribution >= 4 is 29.1 Å². The molecular weight excluding hydrogens is 302 g/mol. The summed E-state index contributed by atoms with van der Waals surface area (Å²) in [4.78, 5) is 29.6. The average Bonchev–Trinajstić information content (AvgIpc) is 2.49. The Hall–Kier alpha value is -1.62. The Bertz CT molecular complexity index is 471. The van der Waals surface area contributed by atoms with Crippen molar-refractivity contribution in [2.75, 3.05) is 18.4 Å². The summed E-state index contributed by atoms with van der Waals surface area (Å²) in [6, 6.07) is 3.32. The molecule has 5 nitrogen and oxygen atoms in total. The largest absolute Gasteiger partial charge is 0.343 e. The van der Waals surface area contributed by atoms with Crippen LogP contribution < -0.4 is 5.32 Å². The van der Waals surface area contributed by atoms with E-state index in [4.69, 9.17) is 11.6 Å². The van der Waals surface area contributed by atoms with Gasteiger partial charge in [0.1, 0.15) is 5.15 Å². The summed E-state index contributed by atoms with van der Waals surface area (Å²) in [7, 11) is 0. The maximum atomic E-state index is 12.1. The highest BCUT2D eigenvalue weighted by Crippen LogP contribution is 2.11. The predicted octanol–water partition coefficient (Wildman–Crippen LogP) is 3.49. The second-order valence-electron chi connectivity index (χ2n) is 5.15. The van der Waals surface area contributed by atoms with Crippen molar-refractivity contribution in [2.45, 2.75) is 46.0 Å². The van der Waals surface area contributed by atoms with Crippen LogP contribution in [-0.2, 0) is 9.59 Å². The van der Waals surface area contributed by atoms with Gasteiger partial charge in [-0.3, -0.25) is 9.59 Å². The van der Waals surface area contributed by atoms with Gasteiger partial charge in [0.25, 0.3) is 0 Å². The fraction of sp³-hybridized carbons (Fsp3) is 0.562. The number of carbonyl (C=O) groups excluding carboxylic acids is 2. The van der Waals surface area contributed by atoms with Gasteiger partial charge in [0.05, 0.1) is 11.9 Å². The van der Waals surface area contributed by atoms with Gasteiger partial charge in [-0.25, -0.2) is 4.98 Å². The van der Waals surface area contributed by atoms with Gasteiger partial charge in [0, 0.05) is 25.9 Å². The maximum Gasteiger partial charge on any atom is 0.224 e. The third-order valence-corrected chi connectivity index (χ3v) is 3.37. The SMILES string of the molecule is CCCN(CCC)C(=O)CCCC(=O)Nc1ccc(Cl)nc1. The van der Waals surface area contributed by atoms with Gasteiger partial charge in [-0.15, -0.1) is 0 Å². The van der Waals surface area contributed by atoms with E-state index in [0.717, 1.165) is 25.9 Å². The first-order chi connectivity index (χ1) is 10.6. The van der Waals surface area contributed by atoms with Crippen LogP contribution in [0.15, 0.2) is 18.3 Å². The number of amides is 2. The van der Waals surface area contributed by atoms with Crippen LogP contribution >= 0.6 is 11.6 Å². The number of nitrogens with zero attached hydrogens (tertiary/aromatic N) is 2. The van der Waals surface area contributed by atoms with Crippen LogP contribution in [0.1, 0.15) is 46.0 Å². The summed E-state index contributed by atoms with van der Waals surface area (Å²) >= 11 is 5.68. The van der Waals surface area contributed by atoms with E-state index in [9.17, 15) is 9.59 Å². The molecule has 0 atom stereocenters. The average molecular weight is 326 g/mol. The van der Waals surface area contributed by atoms with Crippen LogP contribution in [-0.4, -0.2) is 34.8 Å². The minimum Gasteiger partial charge on any atom is -0.343 e. The molecule has 0 spiro atoms. The predicted molar refractivity (Wildman–Crippen MR) is 88.9 cm³/mol. The molecule has 0 fully saturated rings. The van der Waals surface area contributed by atoms with E-state index in [-0.39, 0.29) is 11.8 Å². The fourth-order valence-corrected chi connectivity index (χ4v) is 2.24. The van der Waals surface area contributed by atoms with Gasteiger partial charge < -0.3 is 10.2 Å². The summed E-state index contributed by atoms with van der Waals surface area (Å²) in [6.07, 6.45) is 4.70. The quantitative estimate of drug-likeness (QED) is 0.707. The molecule has 6 heteroatoms. The van der Waals surface area contributed by atoms with Gasteiger partial charge >= 0.3 is 0 Å². The zero-order valence-corrected chi connectivity index (χ0v) is 14.0. The number of halogens is 1. The summed E-state index contributed by atoms with van der Waals surface area (Å²) in [5.74, 6) is 0.0131. The number of hydrogen-bond acceptors (Lipinski definition) is 3. The van der Waals surface area contributed by atoms with E-state index < -0.39 is 0 Å². The minimum atomic E-state index is -0.116. The van der Waals surface area contributed by atoms with E-state index in [1.165, 1.54) is 6.20 Å².